The van der Waals surface area contributed by atoms with Crippen LogP contribution in [0.25, 0.3) is 11.4 Å². The molecule has 0 unspecified atom stereocenters. The molecule has 20 heavy (non-hydrogen) atoms. The van der Waals surface area contributed by atoms with Crippen molar-refractivity contribution in [2.24, 2.45) is 0 Å². The fourth-order valence-corrected chi connectivity index (χ4v) is 1.66. The summed E-state index contributed by atoms with van der Waals surface area (Å²) in [6.07, 6.45) is -3.42. The summed E-state index contributed by atoms with van der Waals surface area (Å²) in [6.45, 7) is 0. The zero-order valence-corrected chi connectivity index (χ0v) is 10.4. The van der Waals surface area contributed by atoms with E-state index in [1.807, 2.05) is 0 Å². The van der Waals surface area contributed by atoms with Gasteiger partial charge in [-0.15, -0.1) is 0 Å². The van der Waals surface area contributed by atoms with Gasteiger partial charge in [0.1, 0.15) is 10.7 Å². The van der Waals surface area contributed by atoms with Gasteiger partial charge in [0, 0.05) is 11.8 Å². The molecule has 0 aliphatic carbocycles. The van der Waals surface area contributed by atoms with Crippen molar-refractivity contribution in [1.82, 2.24) is 9.97 Å². The highest BCUT2D eigenvalue weighted by Crippen LogP contribution is 2.30. The van der Waals surface area contributed by atoms with Crippen molar-refractivity contribution in [1.29, 1.82) is 0 Å². The second-order valence-corrected chi connectivity index (χ2v) is 4.14. The second kappa shape index (κ2) is 5.09. The number of nitrogens with zero attached hydrogens (tertiary/aromatic N) is 2. The highest BCUT2D eigenvalue weighted by molar-refractivity contribution is 6.32. The van der Waals surface area contributed by atoms with E-state index in [0.29, 0.717) is 5.56 Å². The van der Waals surface area contributed by atoms with Crippen molar-refractivity contribution in [2.45, 2.75) is 6.18 Å². The van der Waals surface area contributed by atoms with E-state index < -0.39 is 17.7 Å². The largest absolute Gasteiger partial charge is 0.478 e. The van der Waals surface area contributed by atoms with E-state index in [9.17, 15) is 18.0 Å². The summed E-state index contributed by atoms with van der Waals surface area (Å²) in [7, 11) is 0. The van der Waals surface area contributed by atoms with Crippen molar-refractivity contribution in [2.75, 3.05) is 0 Å². The van der Waals surface area contributed by atoms with Crippen molar-refractivity contribution in [3.8, 4) is 11.4 Å². The Bertz CT molecular complexity index is 657. The number of benzene rings is 1. The smallest absolute Gasteiger partial charge is 0.416 e. The Morgan fingerprint density at radius 1 is 1.20 bits per heavy atom. The van der Waals surface area contributed by atoms with Crippen LogP contribution in [0.15, 0.2) is 30.5 Å². The Balaban J connectivity index is 2.37. The molecule has 0 spiro atoms. The number of carboxylic acid groups (broad SMARTS) is 1. The molecule has 1 N–H and O–H groups in total. The topological polar surface area (TPSA) is 63.1 Å². The summed E-state index contributed by atoms with van der Waals surface area (Å²) in [5, 5.41) is 8.49. The third-order valence-electron chi connectivity index (χ3n) is 2.44. The molecule has 0 aliphatic rings. The quantitative estimate of drug-likeness (QED) is 0.862. The van der Waals surface area contributed by atoms with Crippen molar-refractivity contribution in [3.05, 3.63) is 46.7 Å². The minimum atomic E-state index is -4.43. The van der Waals surface area contributed by atoms with E-state index in [0.717, 1.165) is 18.3 Å². The standard InChI is InChI=1S/C12H6ClF3N2O2/c13-9-8(11(19)20)5-17-10(18-9)6-1-3-7(4-2-6)12(14,15)16/h1-5H,(H,19,20). The molecular formula is C12H6ClF3N2O2. The van der Waals surface area contributed by atoms with E-state index in [4.69, 9.17) is 16.7 Å². The van der Waals surface area contributed by atoms with Gasteiger partial charge in [-0.1, -0.05) is 23.7 Å². The zero-order valence-electron chi connectivity index (χ0n) is 9.65. The third kappa shape index (κ3) is 2.88. The highest BCUT2D eigenvalue weighted by atomic mass is 35.5. The van der Waals surface area contributed by atoms with Gasteiger partial charge >= 0.3 is 12.1 Å². The van der Waals surface area contributed by atoms with E-state index in [-0.39, 0.29) is 16.5 Å². The van der Waals surface area contributed by atoms with Crippen LogP contribution in [-0.2, 0) is 6.18 Å². The summed E-state index contributed by atoms with van der Waals surface area (Å²) >= 11 is 5.67. The first-order chi connectivity index (χ1) is 9.29. The van der Waals surface area contributed by atoms with Gasteiger partial charge in [-0.3, -0.25) is 0 Å². The SMILES string of the molecule is O=C(O)c1cnc(-c2ccc(C(F)(F)F)cc2)nc1Cl. The van der Waals surface area contributed by atoms with Crippen LogP contribution >= 0.6 is 11.6 Å². The summed E-state index contributed by atoms with van der Waals surface area (Å²) in [5.41, 5.74) is -0.770. The summed E-state index contributed by atoms with van der Waals surface area (Å²) in [4.78, 5) is 18.2. The van der Waals surface area contributed by atoms with E-state index in [1.54, 1.807) is 0 Å². The summed E-state index contributed by atoms with van der Waals surface area (Å²) in [6, 6.07) is 4.15. The molecule has 0 bridgehead atoms. The fourth-order valence-electron chi connectivity index (χ4n) is 1.45. The number of alkyl halides is 3. The molecule has 104 valence electrons. The maximum Gasteiger partial charge on any atom is 0.416 e. The molecule has 0 saturated heterocycles. The Hall–Kier alpha value is -2.15. The average molecular weight is 303 g/mol. The lowest BCUT2D eigenvalue weighted by Crippen LogP contribution is -2.05. The molecule has 4 nitrogen and oxygen atoms in total. The molecule has 0 radical (unpaired) electrons. The van der Waals surface area contributed by atoms with Crippen LogP contribution < -0.4 is 0 Å². The second-order valence-electron chi connectivity index (χ2n) is 3.78. The molecule has 2 aromatic rings. The molecule has 1 heterocycles. The number of halogens is 4. The fraction of sp³-hybridized carbons (Fsp3) is 0.0833. The van der Waals surface area contributed by atoms with E-state index in [1.165, 1.54) is 12.1 Å². The number of hydrogen-bond acceptors (Lipinski definition) is 3. The Kier molecular flexibility index (Phi) is 3.63. The molecule has 1 aromatic heterocycles. The van der Waals surface area contributed by atoms with Crippen LogP contribution in [-0.4, -0.2) is 21.0 Å². The molecule has 2 rings (SSSR count). The maximum absolute atomic E-state index is 12.4. The van der Waals surface area contributed by atoms with Gasteiger partial charge in [-0.2, -0.15) is 13.2 Å². The maximum atomic E-state index is 12.4. The molecule has 0 atom stereocenters. The van der Waals surface area contributed by atoms with Crippen LogP contribution in [0.2, 0.25) is 5.15 Å². The Morgan fingerprint density at radius 2 is 1.80 bits per heavy atom. The van der Waals surface area contributed by atoms with Crippen LogP contribution in [0.3, 0.4) is 0 Å². The lowest BCUT2D eigenvalue weighted by atomic mass is 10.1. The molecular weight excluding hydrogens is 297 g/mol. The van der Waals surface area contributed by atoms with Gasteiger partial charge in [-0.05, 0) is 12.1 Å². The Labute approximate surface area is 115 Å². The zero-order chi connectivity index (χ0) is 14.9. The molecule has 0 aliphatic heterocycles. The number of rotatable bonds is 2. The number of aromatic nitrogens is 2. The monoisotopic (exact) mass is 302 g/mol. The van der Waals surface area contributed by atoms with Crippen molar-refractivity contribution in [3.63, 3.8) is 0 Å². The van der Waals surface area contributed by atoms with Crippen LogP contribution in [0.1, 0.15) is 15.9 Å². The molecule has 0 fully saturated rings. The van der Waals surface area contributed by atoms with E-state index in [2.05, 4.69) is 9.97 Å². The summed E-state index contributed by atoms with van der Waals surface area (Å²) in [5.74, 6) is -1.23. The van der Waals surface area contributed by atoms with Gasteiger partial charge in [0.15, 0.2) is 5.82 Å². The Morgan fingerprint density at radius 3 is 2.25 bits per heavy atom. The average Bonchev–Trinajstić information content (AvgIpc) is 2.37. The molecule has 0 amide bonds. The first kappa shape index (κ1) is 14.3. The predicted octanol–water partition coefficient (Wildman–Crippen LogP) is 3.51. The number of carbonyl (C=O) groups is 1. The lowest BCUT2D eigenvalue weighted by Gasteiger charge is -2.07. The van der Waals surface area contributed by atoms with Crippen molar-refractivity contribution < 1.29 is 23.1 Å². The van der Waals surface area contributed by atoms with Gasteiger partial charge in [0.2, 0.25) is 0 Å². The molecule has 1 aromatic carbocycles. The predicted molar refractivity (Wildman–Crippen MR) is 64.4 cm³/mol. The number of aromatic carboxylic acids is 1. The van der Waals surface area contributed by atoms with Gasteiger partial charge in [-0.25, -0.2) is 14.8 Å². The van der Waals surface area contributed by atoms with Crippen LogP contribution in [0, 0.1) is 0 Å². The lowest BCUT2D eigenvalue weighted by molar-refractivity contribution is -0.137. The minimum absolute atomic E-state index is 0.0497. The molecule has 8 heteroatoms. The first-order valence-corrected chi connectivity index (χ1v) is 5.60. The molecule has 0 saturated carbocycles. The third-order valence-corrected chi connectivity index (χ3v) is 2.73. The van der Waals surface area contributed by atoms with Gasteiger partial charge < -0.3 is 5.11 Å². The van der Waals surface area contributed by atoms with E-state index >= 15 is 0 Å². The first-order valence-electron chi connectivity index (χ1n) is 5.22. The van der Waals surface area contributed by atoms with Gasteiger partial charge in [0.25, 0.3) is 0 Å². The number of hydrogen-bond donors (Lipinski definition) is 1. The van der Waals surface area contributed by atoms with Gasteiger partial charge in [0.05, 0.1) is 5.56 Å². The van der Waals surface area contributed by atoms with Crippen LogP contribution in [0.4, 0.5) is 13.2 Å². The normalized spacial score (nSPS) is 11.4. The number of carboxylic acids is 1. The van der Waals surface area contributed by atoms with Crippen LogP contribution in [0.5, 0.6) is 0 Å². The minimum Gasteiger partial charge on any atom is -0.478 e. The van der Waals surface area contributed by atoms with Crippen molar-refractivity contribution >= 4 is 17.6 Å². The highest BCUT2D eigenvalue weighted by Gasteiger charge is 2.30. The summed E-state index contributed by atoms with van der Waals surface area (Å²) < 4.78 is 37.2.